The quantitative estimate of drug-likeness (QED) is 0.568. The molecule has 1 aromatic rings. The van der Waals surface area contributed by atoms with Crippen molar-refractivity contribution in [2.45, 2.75) is 19.8 Å². The fourth-order valence-electron chi connectivity index (χ4n) is 1.19. The van der Waals surface area contributed by atoms with E-state index in [9.17, 15) is 4.79 Å². The topological polar surface area (TPSA) is 17.1 Å². The molecule has 1 nitrogen and oxygen atoms in total. The zero-order chi connectivity index (χ0) is 10.6. The molecule has 14 heavy (non-hydrogen) atoms. The lowest BCUT2D eigenvalue weighted by Crippen LogP contribution is -1.99. The van der Waals surface area contributed by atoms with Gasteiger partial charge in [-0.2, -0.15) is 0 Å². The average molecular weight is 231 g/mol. The Kier molecular flexibility index (Phi) is 4.43. The zero-order valence-electron chi connectivity index (χ0n) is 8.02. The number of aryl methyl sites for hydroxylation is 1. The van der Waals surface area contributed by atoms with Gasteiger partial charge in [0.25, 0.3) is 0 Å². The summed E-state index contributed by atoms with van der Waals surface area (Å²) in [5, 5.41) is 0.693. The van der Waals surface area contributed by atoms with Crippen molar-refractivity contribution in [1.29, 1.82) is 0 Å². The highest BCUT2D eigenvalue weighted by atomic mass is 35.5. The van der Waals surface area contributed by atoms with Gasteiger partial charge < -0.3 is 0 Å². The summed E-state index contributed by atoms with van der Waals surface area (Å²) in [6.07, 6.45) is 1.23. The van der Waals surface area contributed by atoms with Crippen LogP contribution in [0.15, 0.2) is 18.2 Å². The molecule has 1 aromatic carbocycles. The summed E-state index contributed by atoms with van der Waals surface area (Å²) in [6, 6.07) is 5.33. The molecule has 3 heteroatoms. The van der Waals surface area contributed by atoms with Crippen LogP contribution in [0.3, 0.4) is 0 Å². The Morgan fingerprint density at radius 3 is 2.71 bits per heavy atom. The number of hydrogen-bond donors (Lipinski definition) is 0. The van der Waals surface area contributed by atoms with Crippen molar-refractivity contribution >= 4 is 29.0 Å². The molecule has 76 valence electrons. The van der Waals surface area contributed by atoms with Crippen molar-refractivity contribution in [3.05, 3.63) is 34.3 Å². The Balaban J connectivity index is 2.76. The van der Waals surface area contributed by atoms with Gasteiger partial charge in [0.15, 0.2) is 5.78 Å². The van der Waals surface area contributed by atoms with Gasteiger partial charge >= 0.3 is 0 Å². The summed E-state index contributed by atoms with van der Waals surface area (Å²) in [7, 11) is 0. The Labute approximate surface area is 94.0 Å². The molecule has 0 amide bonds. The minimum Gasteiger partial charge on any atom is -0.294 e. The number of hydrogen-bond acceptors (Lipinski definition) is 1. The molecular formula is C11H12Cl2O. The molecule has 0 saturated heterocycles. The van der Waals surface area contributed by atoms with Gasteiger partial charge in [-0.1, -0.05) is 11.6 Å². The van der Waals surface area contributed by atoms with E-state index in [1.165, 1.54) is 0 Å². The van der Waals surface area contributed by atoms with Crippen LogP contribution in [0.1, 0.15) is 28.8 Å². The second-order valence-electron chi connectivity index (χ2n) is 3.18. The second-order valence-corrected chi connectivity index (χ2v) is 3.96. The summed E-state index contributed by atoms with van der Waals surface area (Å²) < 4.78 is 0. The fraction of sp³-hybridized carbons (Fsp3) is 0.364. The van der Waals surface area contributed by atoms with Crippen molar-refractivity contribution in [3.8, 4) is 0 Å². The maximum atomic E-state index is 11.6. The molecule has 0 aromatic heterocycles. The smallest absolute Gasteiger partial charge is 0.162 e. The Morgan fingerprint density at radius 2 is 2.14 bits per heavy atom. The maximum Gasteiger partial charge on any atom is 0.162 e. The molecule has 0 aliphatic rings. The summed E-state index contributed by atoms with van der Waals surface area (Å²) in [4.78, 5) is 11.6. The standard InChI is InChI=1S/C11H12Cl2O/c1-8-7-9(4-5-10(8)13)11(14)3-2-6-12/h4-5,7H,2-3,6H2,1H3. The molecule has 0 N–H and O–H groups in total. The number of carbonyl (C=O) groups excluding carboxylic acids is 1. The fourth-order valence-corrected chi connectivity index (χ4v) is 1.44. The molecular weight excluding hydrogens is 219 g/mol. The summed E-state index contributed by atoms with van der Waals surface area (Å²) in [5.74, 6) is 0.656. The highest BCUT2D eigenvalue weighted by Gasteiger charge is 2.06. The lowest BCUT2D eigenvalue weighted by molar-refractivity contribution is 0.0982. The van der Waals surface area contributed by atoms with Crippen molar-refractivity contribution in [1.82, 2.24) is 0 Å². The highest BCUT2D eigenvalue weighted by Crippen LogP contribution is 2.17. The van der Waals surface area contributed by atoms with Crippen molar-refractivity contribution in [2.24, 2.45) is 0 Å². The van der Waals surface area contributed by atoms with Crippen molar-refractivity contribution < 1.29 is 4.79 Å². The summed E-state index contributed by atoms with van der Waals surface area (Å²) >= 11 is 11.4. The molecule has 0 unspecified atom stereocenters. The molecule has 0 bridgehead atoms. The molecule has 0 atom stereocenters. The molecule has 0 aliphatic carbocycles. The van der Waals surface area contributed by atoms with E-state index in [4.69, 9.17) is 23.2 Å². The average Bonchev–Trinajstić information content (AvgIpc) is 2.18. The largest absolute Gasteiger partial charge is 0.294 e. The van der Waals surface area contributed by atoms with E-state index in [1.807, 2.05) is 13.0 Å². The van der Waals surface area contributed by atoms with Crippen LogP contribution in [0.4, 0.5) is 0 Å². The number of ketones is 1. The predicted molar refractivity (Wildman–Crippen MR) is 60.5 cm³/mol. The molecule has 0 spiro atoms. The van der Waals surface area contributed by atoms with E-state index in [0.29, 0.717) is 17.3 Å². The number of Topliss-reactive ketones (excluding diaryl/α,β-unsaturated/α-hetero) is 1. The van der Waals surface area contributed by atoms with Crippen LogP contribution in [0.2, 0.25) is 5.02 Å². The third-order valence-electron chi connectivity index (χ3n) is 2.02. The number of rotatable bonds is 4. The van der Waals surface area contributed by atoms with Crippen LogP contribution in [-0.2, 0) is 0 Å². The van der Waals surface area contributed by atoms with E-state index in [-0.39, 0.29) is 5.78 Å². The van der Waals surface area contributed by atoms with Crippen LogP contribution in [0, 0.1) is 6.92 Å². The van der Waals surface area contributed by atoms with Gasteiger partial charge in [-0.25, -0.2) is 0 Å². The van der Waals surface area contributed by atoms with Gasteiger partial charge in [-0.3, -0.25) is 4.79 Å². The molecule has 0 fully saturated rings. The molecule has 0 radical (unpaired) electrons. The van der Waals surface area contributed by atoms with E-state index >= 15 is 0 Å². The monoisotopic (exact) mass is 230 g/mol. The third kappa shape index (κ3) is 3.00. The predicted octanol–water partition coefficient (Wildman–Crippen LogP) is 3.85. The van der Waals surface area contributed by atoms with Crippen LogP contribution in [-0.4, -0.2) is 11.7 Å². The lowest BCUT2D eigenvalue weighted by atomic mass is 10.0. The number of benzene rings is 1. The summed E-state index contributed by atoms with van der Waals surface area (Å²) in [5.41, 5.74) is 1.65. The maximum absolute atomic E-state index is 11.6. The van der Waals surface area contributed by atoms with Crippen molar-refractivity contribution in [2.75, 3.05) is 5.88 Å². The molecule has 0 aliphatic heterocycles. The Morgan fingerprint density at radius 1 is 1.43 bits per heavy atom. The first-order chi connectivity index (χ1) is 6.65. The highest BCUT2D eigenvalue weighted by molar-refractivity contribution is 6.31. The minimum atomic E-state index is 0.130. The first-order valence-electron chi connectivity index (χ1n) is 4.50. The van der Waals surface area contributed by atoms with Crippen LogP contribution >= 0.6 is 23.2 Å². The zero-order valence-corrected chi connectivity index (χ0v) is 9.53. The minimum absolute atomic E-state index is 0.130. The Bertz CT molecular complexity index is 334. The first-order valence-corrected chi connectivity index (χ1v) is 5.41. The van der Waals surface area contributed by atoms with Gasteiger partial charge in [0.2, 0.25) is 0 Å². The van der Waals surface area contributed by atoms with Crippen LogP contribution in [0.25, 0.3) is 0 Å². The molecule has 0 heterocycles. The van der Waals surface area contributed by atoms with Crippen molar-refractivity contribution in [3.63, 3.8) is 0 Å². The Hall–Kier alpha value is -0.530. The van der Waals surface area contributed by atoms with E-state index in [0.717, 1.165) is 17.5 Å². The second kappa shape index (κ2) is 5.38. The van der Waals surface area contributed by atoms with Crippen LogP contribution in [0.5, 0.6) is 0 Å². The van der Waals surface area contributed by atoms with Gasteiger partial charge in [-0.15, -0.1) is 11.6 Å². The number of carbonyl (C=O) groups is 1. The van der Waals surface area contributed by atoms with Gasteiger partial charge in [0.1, 0.15) is 0 Å². The number of alkyl halides is 1. The van der Waals surface area contributed by atoms with Gasteiger partial charge in [-0.05, 0) is 37.1 Å². The third-order valence-corrected chi connectivity index (χ3v) is 2.71. The van der Waals surface area contributed by atoms with Gasteiger partial charge in [0, 0.05) is 22.9 Å². The summed E-state index contributed by atoms with van der Waals surface area (Å²) in [6.45, 7) is 1.89. The van der Waals surface area contributed by atoms with E-state index in [2.05, 4.69) is 0 Å². The molecule has 1 rings (SSSR count). The first kappa shape index (κ1) is 11.5. The van der Waals surface area contributed by atoms with E-state index in [1.54, 1.807) is 12.1 Å². The molecule has 0 saturated carbocycles. The SMILES string of the molecule is Cc1cc(C(=O)CCCCl)ccc1Cl. The normalized spacial score (nSPS) is 10.2. The lowest BCUT2D eigenvalue weighted by Gasteiger charge is -2.02. The van der Waals surface area contributed by atoms with Crippen LogP contribution < -0.4 is 0 Å². The van der Waals surface area contributed by atoms with Gasteiger partial charge in [0.05, 0.1) is 0 Å². The van der Waals surface area contributed by atoms with E-state index < -0.39 is 0 Å². The number of halogens is 2.